The van der Waals surface area contributed by atoms with Crippen LogP contribution in [0.5, 0.6) is 0 Å². The van der Waals surface area contributed by atoms with E-state index in [4.69, 9.17) is 0 Å². The van der Waals surface area contributed by atoms with Gasteiger partial charge in [0.25, 0.3) is 0 Å². The van der Waals surface area contributed by atoms with E-state index in [9.17, 15) is 13.5 Å². The molecule has 1 fully saturated rings. The van der Waals surface area contributed by atoms with Crippen molar-refractivity contribution in [2.24, 2.45) is 0 Å². The van der Waals surface area contributed by atoms with E-state index in [1.54, 1.807) is 25.1 Å². The Labute approximate surface area is 115 Å². The maximum atomic E-state index is 12.7. The van der Waals surface area contributed by atoms with Crippen molar-refractivity contribution >= 4 is 10.0 Å². The predicted molar refractivity (Wildman–Crippen MR) is 74.4 cm³/mol. The van der Waals surface area contributed by atoms with Crippen molar-refractivity contribution in [3.8, 4) is 0 Å². The molecule has 1 unspecified atom stereocenters. The van der Waals surface area contributed by atoms with E-state index in [2.05, 4.69) is 0 Å². The summed E-state index contributed by atoms with van der Waals surface area (Å²) in [5, 5.41) is 9.46. The first-order chi connectivity index (χ1) is 9.07. The minimum atomic E-state index is -3.50. The zero-order valence-corrected chi connectivity index (χ0v) is 12.1. The first-order valence-corrected chi connectivity index (χ1v) is 8.19. The molecule has 0 spiro atoms. The van der Waals surface area contributed by atoms with Gasteiger partial charge in [-0.15, -0.1) is 0 Å². The highest BCUT2D eigenvalue weighted by Crippen LogP contribution is 2.26. The van der Waals surface area contributed by atoms with Gasteiger partial charge in [0.1, 0.15) is 0 Å². The quantitative estimate of drug-likeness (QED) is 0.922. The fourth-order valence-electron chi connectivity index (χ4n) is 2.62. The molecular weight excluding hydrogens is 262 g/mol. The van der Waals surface area contributed by atoms with Gasteiger partial charge in [-0.2, -0.15) is 4.31 Å². The third kappa shape index (κ3) is 2.99. The van der Waals surface area contributed by atoms with Crippen LogP contribution in [-0.2, 0) is 10.0 Å². The number of hydrogen-bond acceptors (Lipinski definition) is 3. The molecule has 0 amide bonds. The fourth-order valence-corrected chi connectivity index (χ4v) is 4.53. The molecule has 1 aliphatic rings. The van der Waals surface area contributed by atoms with Crippen LogP contribution in [0.1, 0.15) is 31.2 Å². The summed E-state index contributed by atoms with van der Waals surface area (Å²) in [4.78, 5) is 0.357. The van der Waals surface area contributed by atoms with Crippen LogP contribution in [0.25, 0.3) is 0 Å². The van der Waals surface area contributed by atoms with Gasteiger partial charge >= 0.3 is 0 Å². The van der Waals surface area contributed by atoms with Crippen molar-refractivity contribution in [1.82, 2.24) is 4.31 Å². The lowest BCUT2D eigenvalue weighted by atomic mass is 10.1. The number of sulfonamides is 1. The largest absolute Gasteiger partial charge is 0.395 e. The highest BCUT2D eigenvalue weighted by molar-refractivity contribution is 7.89. The summed E-state index contributed by atoms with van der Waals surface area (Å²) in [7, 11) is -3.50. The summed E-state index contributed by atoms with van der Waals surface area (Å²) < 4.78 is 27.0. The van der Waals surface area contributed by atoms with E-state index in [0.717, 1.165) is 31.2 Å². The zero-order valence-electron chi connectivity index (χ0n) is 11.2. The van der Waals surface area contributed by atoms with Crippen LogP contribution in [0.2, 0.25) is 0 Å². The lowest BCUT2D eigenvalue weighted by molar-refractivity contribution is 0.186. The summed E-state index contributed by atoms with van der Waals surface area (Å²) in [6.07, 6.45) is 3.60. The minimum absolute atomic E-state index is 0.106. The second-order valence-electron chi connectivity index (χ2n) is 5.07. The number of benzene rings is 1. The molecule has 106 valence electrons. The third-order valence-corrected chi connectivity index (χ3v) is 5.83. The Morgan fingerprint density at radius 1 is 1.26 bits per heavy atom. The molecule has 0 radical (unpaired) electrons. The van der Waals surface area contributed by atoms with Crippen molar-refractivity contribution < 1.29 is 13.5 Å². The standard InChI is InChI=1S/C14H21NO3S/c1-12-7-4-5-9-14(12)19(17,18)15-10-6-2-3-8-13(15)11-16/h4-5,7,9,13,16H,2-3,6,8,10-11H2,1H3. The Balaban J connectivity index is 2.39. The molecule has 1 aliphatic heterocycles. The van der Waals surface area contributed by atoms with Gasteiger partial charge in [0.05, 0.1) is 11.5 Å². The topological polar surface area (TPSA) is 57.6 Å². The van der Waals surface area contributed by atoms with Crippen LogP contribution < -0.4 is 0 Å². The van der Waals surface area contributed by atoms with E-state index in [0.29, 0.717) is 11.4 Å². The normalized spacial score (nSPS) is 22.1. The third-order valence-electron chi connectivity index (χ3n) is 3.71. The molecule has 2 rings (SSSR count). The van der Waals surface area contributed by atoms with Gasteiger partial charge in [0, 0.05) is 12.6 Å². The van der Waals surface area contributed by atoms with Gasteiger partial charge in [-0.05, 0) is 31.4 Å². The summed E-state index contributed by atoms with van der Waals surface area (Å²) in [5.74, 6) is 0. The Morgan fingerprint density at radius 3 is 2.68 bits per heavy atom. The lowest BCUT2D eigenvalue weighted by Crippen LogP contribution is -2.42. The second-order valence-corrected chi connectivity index (χ2v) is 6.93. The average Bonchev–Trinajstić information content (AvgIpc) is 2.64. The van der Waals surface area contributed by atoms with Crippen LogP contribution in [0, 0.1) is 6.92 Å². The molecule has 0 aromatic heterocycles. The monoisotopic (exact) mass is 283 g/mol. The Hall–Kier alpha value is -0.910. The lowest BCUT2D eigenvalue weighted by Gasteiger charge is -2.28. The van der Waals surface area contributed by atoms with Crippen LogP contribution in [0.3, 0.4) is 0 Å². The molecule has 4 nitrogen and oxygen atoms in total. The first kappa shape index (κ1) is 14.5. The van der Waals surface area contributed by atoms with Crippen molar-refractivity contribution in [1.29, 1.82) is 0 Å². The van der Waals surface area contributed by atoms with Crippen LogP contribution >= 0.6 is 0 Å². The summed E-state index contributed by atoms with van der Waals surface area (Å²) in [5.41, 5.74) is 0.753. The number of nitrogens with zero attached hydrogens (tertiary/aromatic N) is 1. The number of aryl methyl sites for hydroxylation is 1. The average molecular weight is 283 g/mol. The molecule has 0 bridgehead atoms. The number of aliphatic hydroxyl groups excluding tert-OH is 1. The molecule has 1 atom stereocenters. The summed E-state index contributed by atoms with van der Waals surface area (Å²) in [6.45, 7) is 2.20. The Bertz CT molecular complexity index is 527. The number of aliphatic hydroxyl groups is 1. The van der Waals surface area contributed by atoms with Gasteiger partial charge < -0.3 is 5.11 Å². The maximum absolute atomic E-state index is 12.7. The van der Waals surface area contributed by atoms with Gasteiger partial charge in [-0.1, -0.05) is 31.0 Å². The van der Waals surface area contributed by atoms with Gasteiger partial charge in [0.2, 0.25) is 10.0 Å². The number of hydrogen-bond donors (Lipinski definition) is 1. The molecule has 1 aromatic rings. The van der Waals surface area contributed by atoms with Gasteiger partial charge in [0.15, 0.2) is 0 Å². The molecule has 1 heterocycles. The first-order valence-electron chi connectivity index (χ1n) is 6.75. The second kappa shape index (κ2) is 6.03. The summed E-state index contributed by atoms with van der Waals surface area (Å²) >= 11 is 0. The minimum Gasteiger partial charge on any atom is -0.395 e. The SMILES string of the molecule is Cc1ccccc1S(=O)(=O)N1CCCCCC1CO. The molecule has 5 heteroatoms. The highest BCUT2D eigenvalue weighted by Gasteiger charge is 2.32. The number of rotatable bonds is 3. The predicted octanol–water partition coefficient (Wildman–Crippen LogP) is 1.92. The molecule has 1 aromatic carbocycles. The van der Waals surface area contributed by atoms with Crippen LogP contribution in [0.4, 0.5) is 0 Å². The smallest absolute Gasteiger partial charge is 0.243 e. The molecule has 19 heavy (non-hydrogen) atoms. The van der Waals surface area contributed by atoms with Crippen LogP contribution in [-0.4, -0.2) is 37.0 Å². The van der Waals surface area contributed by atoms with Gasteiger partial charge in [-0.3, -0.25) is 0 Å². The molecular formula is C14H21NO3S. The summed E-state index contributed by atoms with van der Waals surface area (Å²) in [6, 6.07) is 6.74. The Morgan fingerprint density at radius 2 is 2.00 bits per heavy atom. The molecule has 1 N–H and O–H groups in total. The van der Waals surface area contributed by atoms with E-state index < -0.39 is 10.0 Å². The van der Waals surface area contributed by atoms with E-state index in [1.807, 2.05) is 6.07 Å². The van der Waals surface area contributed by atoms with Crippen molar-refractivity contribution in [3.05, 3.63) is 29.8 Å². The van der Waals surface area contributed by atoms with E-state index >= 15 is 0 Å². The molecule has 1 saturated heterocycles. The van der Waals surface area contributed by atoms with E-state index in [-0.39, 0.29) is 12.6 Å². The zero-order chi connectivity index (χ0) is 13.9. The molecule has 0 aliphatic carbocycles. The van der Waals surface area contributed by atoms with Crippen molar-refractivity contribution in [2.75, 3.05) is 13.2 Å². The van der Waals surface area contributed by atoms with Gasteiger partial charge in [-0.25, -0.2) is 8.42 Å². The fraction of sp³-hybridized carbons (Fsp3) is 0.571. The van der Waals surface area contributed by atoms with Crippen molar-refractivity contribution in [3.63, 3.8) is 0 Å². The molecule has 0 saturated carbocycles. The van der Waals surface area contributed by atoms with Crippen molar-refractivity contribution in [2.45, 2.75) is 43.5 Å². The maximum Gasteiger partial charge on any atom is 0.243 e. The van der Waals surface area contributed by atoms with Crippen LogP contribution in [0.15, 0.2) is 29.2 Å². The highest BCUT2D eigenvalue weighted by atomic mass is 32.2. The van der Waals surface area contributed by atoms with E-state index in [1.165, 1.54) is 4.31 Å². The Kier molecular flexibility index (Phi) is 4.60.